The number of amides is 2. The van der Waals surface area contributed by atoms with Gasteiger partial charge >= 0.3 is 6.03 Å². The van der Waals surface area contributed by atoms with Gasteiger partial charge in [-0.3, -0.25) is 5.32 Å². The molecule has 1 heterocycles. The molecule has 1 aromatic carbocycles. The number of anilines is 1. The van der Waals surface area contributed by atoms with Crippen molar-refractivity contribution in [2.75, 3.05) is 11.9 Å². The van der Waals surface area contributed by atoms with E-state index in [0.29, 0.717) is 24.5 Å². The van der Waals surface area contributed by atoms with Crippen LogP contribution in [0.4, 0.5) is 10.6 Å². The molecule has 0 unspecified atom stereocenters. The van der Waals surface area contributed by atoms with Gasteiger partial charge in [-0.25, -0.2) is 4.79 Å². The summed E-state index contributed by atoms with van der Waals surface area (Å²) in [4.78, 5) is 11.5. The fourth-order valence-corrected chi connectivity index (χ4v) is 1.62. The Morgan fingerprint density at radius 2 is 2.26 bits per heavy atom. The molecule has 1 aromatic heterocycles. The number of phenols is 1. The first-order chi connectivity index (χ1) is 9.13. The van der Waals surface area contributed by atoms with Crippen molar-refractivity contribution >= 4 is 11.8 Å². The molecule has 0 aliphatic carbocycles. The molecule has 0 bridgehead atoms. The number of phenolic OH excluding ortho intramolecular Hbond substituents is 1. The number of nitrogens with zero attached hydrogens (tertiary/aromatic N) is 1. The molecule has 3 N–H and O–H groups in total. The van der Waals surface area contributed by atoms with E-state index >= 15 is 0 Å². The summed E-state index contributed by atoms with van der Waals surface area (Å²) < 4.78 is 4.83. The fraction of sp³-hybridized carbons (Fsp3) is 0.231. The summed E-state index contributed by atoms with van der Waals surface area (Å²) in [5.41, 5.74) is 0.956. The van der Waals surface area contributed by atoms with Gasteiger partial charge in [-0.2, -0.15) is 0 Å². The van der Waals surface area contributed by atoms with Gasteiger partial charge in [-0.1, -0.05) is 17.3 Å². The molecule has 2 amide bonds. The lowest BCUT2D eigenvalue weighted by Crippen LogP contribution is -2.30. The van der Waals surface area contributed by atoms with Gasteiger partial charge < -0.3 is 14.9 Å². The van der Waals surface area contributed by atoms with E-state index in [-0.39, 0.29) is 11.8 Å². The molecule has 0 saturated heterocycles. The smallest absolute Gasteiger partial charge is 0.320 e. The van der Waals surface area contributed by atoms with Crippen LogP contribution in [0.1, 0.15) is 11.3 Å². The summed E-state index contributed by atoms with van der Waals surface area (Å²) in [6.07, 6.45) is 0.639. The van der Waals surface area contributed by atoms with Gasteiger partial charge in [0.05, 0.1) is 0 Å². The molecule has 0 aliphatic heterocycles. The Morgan fingerprint density at radius 1 is 1.42 bits per heavy atom. The maximum Gasteiger partial charge on any atom is 0.320 e. The van der Waals surface area contributed by atoms with E-state index in [1.54, 1.807) is 31.2 Å². The fourth-order valence-electron chi connectivity index (χ4n) is 1.62. The van der Waals surface area contributed by atoms with E-state index in [1.165, 1.54) is 0 Å². The van der Waals surface area contributed by atoms with Crippen LogP contribution in [0.3, 0.4) is 0 Å². The Morgan fingerprint density at radius 3 is 2.95 bits per heavy atom. The zero-order chi connectivity index (χ0) is 13.7. The summed E-state index contributed by atoms with van der Waals surface area (Å²) in [6.45, 7) is 2.21. The van der Waals surface area contributed by atoms with Crippen molar-refractivity contribution in [2.45, 2.75) is 13.3 Å². The highest BCUT2D eigenvalue weighted by atomic mass is 16.5. The second-order valence-corrected chi connectivity index (χ2v) is 4.12. The van der Waals surface area contributed by atoms with Crippen LogP contribution < -0.4 is 10.6 Å². The number of benzene rings is 1. The van der Waals surface area contributed by atoms with Crippen LogP contribution in [0.2, 0.25) is 0 Å². The third-order valence-corrected chi connectivity index (χ3v) is 2.48. The van der Waals surface area contributed by atoms with Crippen LogP contribution in [0.15, 0.2) is 34.9 Å². The molecule has 6 heteroatoms. The number of hydrogen-bond acceptors (Lipinski definition) is 4. The Hall–Kier alpha value is -2.50. The Labute approximate surface area is 110 Å². The summed E-state index contributed by atoms with van der Waals surface area (Å²) in [7, 11) is 0. The molecule has 0 atom stereocenters. The van der Waals surface area contributed by atoms with Gasteiger partial charge in [0.1, 0.15) is 11.5 Å². The predicted molar refractivity (Wildman–Crippen MR) is 70.1 cm³/mol. The lowest BCUT2D eigenvalue weighted by molar-refractivity contribution is 0.252. The maximum atomic E-state index is 11.5. The number of aryl methyl sites for hydroxylation is 1. The minimum atomic E-state index is -0.339. The Balaban J connectivity index is 1.75. The topological polar surface area (TPSA) is 87.4 Å². The monoisotopic (exact) mass is 261 g/mol. The molecular weight excluding hydrogens is 246 g/mol. The summed E-state index contributed by atoms with van der Waals surface area (Å²) in [6, 6.07) is 8.23. The minimum absolute atomic E-state index is 0.222. The molecule has 19 heavy (non-hydrogen) atoms. The third kappa shape index (κ3) is 4.02. The highest BCUT2D eigenvalue weighted by molar-refractivity contribution is 5.88. The molecular formula is C13H15N3O3. The highest BCUT2D eigenvalue weighted by Crippen LogP contribution is 2.11. The molecule has 6 nitrogen and oxygen atoms in total. The van der Waals surface area contributed by atoms with Crippen molar-refractivity contribution < 1.29 is 14.4 Å². The molecule has 0 fully saturated rings. The largest absolute Gasteiger partial charge is 0.508 e. The minimum Gasteiger partial charge on any atom is -0.508 e. The lowest BCUT2D eigenvalue weighted by atomic mass is 10.1. The number of urea groups is 1. The van der Waals surface area contributed by atoms with E-state index in [4.69, 9.17) is 4.52 Å². The van der Waals surface area contributed by atoms with Gasteiger partial charge in [0.2, 0.25) is 0 Å². The quantitative estimate of drug-likeness (QED) is 0.786. The van der Waals surface area contributed by atoms with Crippen LogP contribution in [-0.2, 0) is 6.42 Å². The van der Waals surface area contributed by atoms with Crippen LogP contribution in [0.25, 0.3) is 0 Å². The van der Waals surface area contributed by atoms with Crippen molar-refractivity contribution in [2.24, 2.45) is 0 Å². The predicted octanol–water partition coefficient (Wildman–Crippen LogP) is 2.05. The first-order valence-corrected chi connectivity index (χ1v) is 5.89. The van der Waals surface area contributed by atoms with E-state index in [9.17, 15) is 9.90 Å². The Bertz CT molecular complexity index is 566. The first kappa shape index (κ1) is 12.9. The summed E-state index contributed by atoms with van der Waals surface area (Å²) in [5.74, 6) is 1.24. The molecule has 0 aliphatic rings. The average molecular weight is 261 g/mol. The highest BCUT2D eigenvalue weighted by Gasteiger charge is 2.05. The SMILES string of the molecule is Cc1cc(NC(=O)NCCc2cccc(O)c2)no1. The van der Waals surface area contributed by atoms with Crippen molar-refractivity contribution in [1.82, 2.24) is 10.5 Å². The van der Waals surface area contributed by atoms with Crippen LogP contribution in [-0.4, -0.2) is 22.8 Å². The standard InChI is InChI=1S/C13H15N3O3/c1-9-7-12(16-19-9)15-13(18)14-6-5-10-3-2-4-11(17)8-10/h2-4,7-8,17H,5-6H2,1H3,(H2,14,15,16,18). The summed E-state index contributed by atoms with van der Waals surface area (Å²) >= 11 is 0. The van der Waals surface area contributed by atoms with Gasteiger partial charge in [-0.15, -0.1) is 0 Å². The zero-order valence-electron chi connectivity index (χ0n) is 10.5. The number of rotatable bonds is 4. The number of aromatic hydroxyl groups is 1. The third-order valence-electron chi connectivity index (χ3n) is 2.48. The average Bonchev–Trinajstić information content (AvgIpc) is 2.75. The van der Waals surface area contributed by atoms with E-state index in [2.05, 4.69) is 15.8 Å². The maximum absolute atomic E-state index is 11.5. The first-order valence-electron chi connectivity index (χ1n) is 5.89. The van der Waals surface area contributed by atoms with Crippen LogP contribution >= 0.6 is 0 Å². The second kappa shape index (κ2) is 5.90. The number of nitrogens with one attached hydrogen (secondary N) is 2. The molecule has 0 radical (unpaired) electrons. The van der Waals surface area contributed by atoms with Crippen molar-refractivity contribution in [1.29, 1.82) is 0 Å². The number of carbonyl (C=O) groups excluding carboxylic acids is 1. The molecule has 0 saturated carbocycles. The van der Waals surface area contributed by atoms with Gasteiger partial charge in [0, 0.05) is 12.6 Å². The van der Waals surface area contributed by atoms with Crippen LogP contribution in [0.5, 0.6) is 5.75 Å². The van der Waals surface area contributed by atoms with E-state index in [1.807, 2.05) is 6.07 Å². The van der Waals surface area contributed by atoms with Gasteiger partial charge in [-0.05, 0) is 31.0 Å². The molecule has 100 valence electrons. The van der Waals surface area contributed by atoms with Crippen molar-refractivity contribution in [3.63, 3.8) is 0 Å². The Kier molecular flexibility index (Phi) is 4.02. The van der Waals surface area contributed by atoms with E-state index < -0.39 is 0 Å². The van der Waals surface area contributed by atoms with Gasteiger partial charge in [0.25, 0.3) is 0 Å². The second-order valence-electron chi connectivity index (χ2n) is 4.12. The van der Waals surface area contributed by atoms with E-state index in [0.717, 1.165) is 5.56 Å². The van der Waals surface area contributed by atoms with Gasteiger partial charge in [0.15, 0.2) is 5.82 Å². The summed E-state index contributed by atoms with van der Waals surface area (Å²) in [5, 5.41) is 18.2. The van der Waals surface area contributed by atoms with Crippen molar-refractivity contribution in [3.8, 4) is 5.75 Å². The molecule has 2 aromatic rings. The molecule has 2 rings (SSSR count). The van der Waals surface area contributed by atoms with Crippen LogP contribution in [0, 0.1) is 6.92 Å². The lowest BCUT2D eigenvalue weighted by Gasteiger charge is -2.05. The number of hydrogen-bond donors (Lipinski definition) is 3. The zero-order valence-corrected chi connectivity index (χ0v) is 10.5. The number of aromatic nitrogens is 1. The van der Waals surface area contributed by atoms with Crippen molar-refractivity contribution in [3.05, 3.63) is 41.7 Å². The number of carbonyl (C=O) groups is 1. The normalized spacial score (nSPS) is 10.2. The molecule has 0 spiro atoms.